The van der Waals surface area contributed by atoms with E-state index in [0.29, 0.717) is 11.5 Å². The summed E-state index contributed by atoms with van der Waals surface area (Å²) in [6.45, 7) is 0.796. The first kappa shape index (κ1) is 12.4. The first-order valence-corrected chi connectivity index (χ1v) is 6.91. The van der Waals surface area contributed by atoms with Crippen LogP contribution in [-0.4, -0.2) is 6.61 Å². The van der Waals surface area contributed by atoms with Gasteiger partial charge in [-0.25, -0.2) is 0 Å². The maximum Gasteiger partial charge on any atom is 0.133 e. The van der Waals surface area contributed by atoms with Crippen LogP contribution in [0.15, 0.2) is 22.7 Å². The van der Waals surface area contributed by atoms with Crippen molar-refractivity contribution in [2.45, 2.75) is 32.1 Å². The fourth-order valence-electron chi connectivity index (χ4n) is 2.25. The third kappa shape index (κ3) is 3.47. The number of nitrogens with zero attached hydrogens (tertiary/aromatic N) is 1. The quantitative estimate of drug-likeness (QED) is 0.833. The fraction of sp³-hybridized carbons (Fsp3) is 0.500. The Morgan fingerprint density at radius 3 is 2.71 bits per heavy atom. The zero-order valence-electron chi connectivity index (χ0n) is 9.79. The topological polar surface area (TPSA) is 33.0 Å². The van der Waals surface area contributed by atoms with Crippen LogP contribution < -0.4 is 4.74 Å². The van der Waals surface area contributed by atoms with Gasteiger partial charge < -0.3 is 4.74 Å². The smallest absolute Gasteiger partial charge is 0.133 e. The molecular formula is C14H16BrNO. The molecule has 2 nitrogen and oxygen atoms in total. The largest absolute Gasteiger partial charge is 0.492 e. The molecule has 1 aliphatic rings. The lowest BCUT2D eigenvalue weighted by Gasteiger charge is -2.21. The SMILES string of the molecule is N#Cc1ccc(OCC2CCCCC2)c(Br)c1. The molecule has 0 aliphatic heterocycles. The zero-order valence-corrected chi connectivity index (χ0v) is 11.4. The van der Waals surface area contributed by atoms with Crippen molar-refractivity contribution in [1.29, 1.82) is 5.26 Å². The molecule has 0 N–H and O–H groups in total. The molecule has 0 amide bonds. The highest BCUT2D eigenvalue weighted by atomic mass is 79.9. The highest BCUT2D eigenvalue weighted by Gasteiger charge is 2.14. The maximum atomic E-state index is 8.78. The summed E-state index contributed by atoms with van der Waals surface area (Å²) in [5.74, 6) is 1.54. The van der Waals surface area contributed by atoms with Crippen molar-refractivity contribution < 1.29 is 4.74 Å². The van der Waals surface area contributed by atoms with Crippen LogP contribution >= 0.6 is 15.9 Å². The summed E-state index contributed by atoms with van der Waals surface area (Å²) < 4.78 is 6.69. The maximum absolute atomic E-state index is 8.78. The van der Waals surface area contributed by atoms with Gasteiger partial charge in [0.15, 0.2) is 0 Å². The lowest BCUT2D eigenvalue weighted by molar-refractivity contribution is 0.208. The number of benzene rings is 1. The first-order chi connectivity index (χ1) is 8.29. The Bertz CT molecular complexity index is 419. The number of hydrogen-bond acceptors (Lipinski definition) is 2. The lowest BCUT2D eigenvalue weighted by Crippen LogP contribution is -2.15. The molecule has 0 unspecified atom stereocenters. The average molecular weight is 294 g/mol. The van der Waals surface area contributed by atoms with E-state index in [2.05, 4.69) is 22.0 Å². The molecule has 1 aromatic carbocycles. The van der Waals surface area contributed by atoms with E-state index in [0.717, 1.165) is 16.8 Å². The highest BCUT2D eigenvalue weighted by molar-refractivity contribution is 9.10. The van der Waals surface area contributed by atoms with E-state index in [1.807, 2.05) is 6.07 Å². The molecule has 2 rings (SSSR count). The minimum atomic E-state index is 0.655. The number of ether oxygens (including phenoxy) is 1. The van der Waals surface area contributed by atoms with Gasteiger partial charge in [0.1, 0.15) is 5.75 Å². The molecule has 0 bridgehead atoms. The first-order valence-electron chi connectivity index (χ1n) is 6.12. The Kier molecular flexibility index (Phi) is 4.44. The number of halogens is 1. The Morgan fingerprint density at radius 1 is 1.29 bits per heavy atom. The van der Waals surface area contributed by atoms with Gasteiger partial charge in [-0.2, -0.15) is 5.26 Å². The predicted molar refractivity (Wildman–Crippen MR) is 70.9 cm³/mol. The summed E-state index contributed by atoms with van der Waals surface area (Å²) in [5, 5.41) is 8.78. The van der Waals surface area contributed by atoms with Crippen LogP contribution in [0.25, 0.3) is 0 Å². The van der Waals surface area contributed by atoms with E-state index in [1.54, 1.807) is 12.1 Å². The van der Waals surface area contributed by atoms with Crippen molar-refractivity contribution in [2.24, 2.45) is 5.92 Å². The predicted octanol–water partition coefficient (Wildman–Crippen LogP) is 4.28. The summed E-state index contributed by atoms with van der Waals surface area (Å²) >= 11 is 3.44. The van der Waals surface area contributed by atoms with Crippen molar-refractivity contribution in [2.75, 3.05) is 6.61 Å². The van der Waals surface area contributed by atoms with E-state index < -0.39 is 0 Å². The molecule has 3 heteroatoms. The van der Waals surface area contributed by atoms with E-state index in [-0.39, 0.29) is 0 Å². The van der Waals surface area contributed by atoms with Gasteiger partial charge in [-0.3, -0.25) is 0 Å². The van der Waals surface area contributed by atoms with Gasteiger partial charge in [0.05, 0.1) is 22.7 Å². The van der Waals surface area contributed by atoms with Gasteiger partial charge in [0.25, 0.3) is 0 Å². The summed E-state index contributed by atoms with van der Waals surface area (Å²) in [6.07, 6.45) is 6.62. The average Bonchev–Trinajstić information content (AvgIpc) is 2.38. The molecule has 1 saturated carbocycles. The third-order valence-corrected chi connectivity index (χ3v) is 3.88. The second-order valence-corrected chi connectivity index (χ2v) is 5.43. The molecule has 1 aliphatic carbocycles. The zero-order chi connectivity index (χ0) is 12.1. The van der Waals surface area contributed by atoms with Crippen LogP contribution in [0, 0.1) is 17.2 Å². The van der Waals surface area contributed by atoms with E-state index in [4.69, 9.17) is 10.00 Å². The van der Waals surface area contributed by atoms with Crippen molar-refractivity contribution >= 4 is 15.9 Å². The van der Waals surface area contributed by atoms with Crippen LogP contribution in [0.5, 0.6) is 5.75 Å². The van der Waals surface area contributed by atoms with Crippen molar-refractivity contribution in [1.82, 2.24) is 0 Å². The Morgan fingerprint density at radius 2 is 2.06 bits per heavy atom. The van der Waals surface area contributed by atoms with Crippen LogP contribution in [0.1, 0.15) is 37.7 Å². The van der Waals surface area contributed by atoms with Crippen LogP contribution in [0.3, 0.4) is 0 Å². The minimum Gasteiger partial charge on any atom is -0.492 e. The van der Waals surface area contributed by atoms with Crippen LogP contribution in [0.4, 0.5) is 0 Å². The van der Waals surface area contributed by atoms with Gasteiger partial charge in [-0.15, -0.1) is 0 Å². The van der Waals surface area contributed by atoms with Crippen LogP contribution in [-0.2, 0) is 0 Å². The standard InChI is InChI=1S/C14H16BrNO/c15-13-8-12(9-16)6-7-14(13)17-10-11-4-2-1-3-5-11/h6-8,11H,1-5,10H2. The number of hydrogen-bond donors (Lipinski definition) is 0. The highest BCUT2D eigenvalue weighted by Crippen LogP contribution is 2.28. The number of nitriles is 1. The Balaban J connectivity index is 1.92. The second kappa shape index (κ2) is 6.07. The van der Waals surface area contributed by atoms with Gasteiger partial charge >= 0.3 is 0 Å². The molecule has 0 heterocycles. The second-order valence-electron chi connectivity index (χ2n) is 4.57. The molecule has 0 aromatic heterocycles. The molecule has 0 radical (unpaired) electrons. The van der Waals surface area contributed by atoms with Gasteiger partial charge in [0, 0.05) is 0 Å². The van der Waals surface area contributed by atoms with Crippen molar-refractivity contribution in [3.8, 4) is 11.8 Å². The molecular weight excluding hydrogens is 278 g/mol. The monoisotopic (exact) mass is 293 g/mol. The minimum absolute atomic E-state index is 0.655. The van der Waals surface area contributed by atoms with Crippen LogP contribution in [0.2, 0.25) is 0 Å². The summed E-state index contributed by atoms with van der Waals surface area (Å²) in [5.41, 5.74) is 0.655. The summed E-state index contributed by atoms with van der Waals surface area (Å²) in [4.78, 5) is 0. The van der Waals surface area contributed by atoms with Gasteiger partial charge in [0.2, 0.25) is 0 Å². The molecule has 90 valence electrons. The molecule has 0 spiro atoms. The summed E-state index contributed by atoms with van der Waals surface area (Å²) in [6, 6.07) is 7.58. The molecule has 1 fully saturated rings. The molecule has 0 atom stereocenters. The van der Waals surface area contributed by atoms with Crippen molar-refractivity contribution in [3.05, 3.63) is 28.2 Å². The van der Waals surface area contributed by atoms with E-state index in [9.17, 15) is 0 Å². The van der Waals surface area contributed by atoms with Crippen molar-refractivity contribution in [3.63, 3.8) is 0 Å². The van der Waals surface area contributed by atoms with Gasteiger partial charge in [-0.05, 0) is 52.9 Å². The molecule has 17 heavy (non-hydrogen) atoms. The lowest BCUT2D eigenvalue weighted by atomic mass is 9.90. The molecule has 1 aromatic rings. The third-order valence-electron chi connectivity index (χ3n) is 3.26. The Hall–Kier alpha value is -1.01. The van der Waals surface area contributed by atoms with Gasteiger partial charge in [-0.1, -0.05) is 19.3 Å². The van der Waals surface area contributed by atoms with E-state index >= 15 is 0 Å². The summed E-state index contributed by atoms with van der Waals surface area (Å²) in [7, 11) is 0. The van der Waals surface area contributed by atoms with E-state index in [1.165, 1.54) is 32.1 Å². The molecule has 0 saturated heterocycles. The fourth-order valence-corrected chi connectivity index (χ4v) is 2.74. The number of rotatable bonds is 3. The Labute approximate surface area is 111 Å². The normalized spacial score (nSPS) is 16.5.